The van der Waals surface area contributed by atoms with E-state index in [-0.39, 0.29) is 6.61 Å². The van der Waals surface area contributed by atoms with Crippen LogP contribution in [0.2, 0.25) is 0 Å². The average molecular weight is 201 g/mol. The first-order valence-electron chi connectivity index (χ1n) is 4.57. The number of rotatable bonds is 0. The van der Waals surface area contributed by atoms with Crippen molar-refractivity contribution in [2.75, 3.05) is 6.61 Å². The van der Waals surface area contributed by atoms with Gasteiger partial charge >= 0.3 is 0 Å². The molecule has 3 heterocycles. The van der Waals surface area contributed by atoms with Gasteiger partial charge in [0.25, 0.3) is 0 Å². The van der Waals surface area contributed by atoms with E-state index >= 15 is 0 Å². The number of fused-ring (bicyclic) bond motifs is 3. The number of pyridine rings is 1. The van der Waals surface area contributed by atoms with E-state index in [1.54, 1.807) is 22.7 Å². The van der Waals surface area contributed by atoms with Gasteiger partial charge in [-0.2, -0.15) is 0 Å². The average Bonchev–Trinajstić information content (AvgIpc) is 2.70. The Morgan fingerprint density at radius 1 is 1.20 bits per heavy atom. The number of Topliss-reactive ketones (excluding diaryl/α,β-unsaturated/α-hetero) is 2. The molecule has 0 bridgehead atoms. The largest absolute Gasteiger partial charge is 0.484 e. The van der Waals surface area contributed by atoms with Crippen molar-refractivity contribution in [1.29, 1.82) is 0 Å². The molecule has 4 heteroatoms. The molecule has 0 amide bonds. The Bertz CT molecular complexity index is 583. The van der Waals surface area contributed by atoms with Crippen molar-refractivity contribution in [1.82, 2.24) is 4.40 Å². The maximum Gasteiger partial charge on any atom is 0.240 e. The molecule has 0 radical (unpaired) electrons. The molecule has 2 aromatic rings. The van der Waals surface area contributed by atoms with Crippen LogP contribution >= 0.6 is 0 Å². The number of ketones is 2. The second-order valence-corrected chi connectivity index (χ2v) is 3.40. The molecule has 0 spiro atoms. The Balaban J connectivity index is 2.40. The van der Waals surface area contributed by atoms with E-state index in [0.29, 0.717) is 16.8 Å². The number of carbonyl (C=O) groups is 2. The lowest BCUT2D eigenvalue weighted by atomic mass is 10.0. The molecule has 4 nitrogen and oxygen atoms in total. The van der Waals surface area contributed by atoms with Crippen LogP contribution in [0.5, 0.6) is 5.75 Å². The van der Waals surface area contributed by atoms with Crippen LogP contribution < -0.4 is 4.74 Å². The number of ether oxygens (including phenoxy) is 1. The number of aromatic nitrogens is 1. The van der Waals surface area contributed by atoms with Crippen molar-refractivity contribution in [3.63, 3.8) is 0 Å². The summed E-state index contributed by atoms with van der Waals surface area (Å²) in [4.78, 5) is 22.9. The lowest BCUT2D eigenvalue weighted by Gasteiger charge is -2.15. The third kappa shape index (κ3) is 1.01. The molecule has 1 aliphatic heterocycles. The molecule has 74 valence electrons. The van der Waals surface area contributed by atoms with Gasteiger partial charge in [0, 0.05) is 12.4 Å². The summed E-state index contributed by atoms with van der Waals surface area (Å²) < 4.78 is 6.99. The second-order valence-electron chi connectivity index (χ2n) is 3.40. The zero-order chi connectivity index (χ0) is 10.4. The summed E-state index contributed by atoms with van der Waals surface area (Å²) in [6.07, 6.45) is 3.62. The highest BCUT2D eigenvalue weighted by Crippen LogP contribution is 2.27. The van der Waals surface area contributed by atoms with Crippen molar-refractivity contribution in [2.45, 2.75) is 0 Å². The Hall–Kier alpha value is -2.10. The predicted octanol–water partition coefficient (Wildman–Crippen LogP) is 1.08. The summed E-state index contributed by atoms with van der Waals surface area (Å²) in [6.45, 7) is -0.150. The van der Waals surface area contributed by atoms with E-state index < -0.39 is 11.6 Å². The van der Waals surface area contributed by atoms with Crippen LogP contribution in [0, 0.1) is 0 Å². The minimum atomic E-state index is -0.489. The van der Waals surface area contributed by atoms with Crippen LogP contribution in [0.1, 0.15) is 10.4 Å². The number of hydrogen-bond donors (Lipinski definition) is 0. The maximum absolute atomic E-state index is 11.7. The fourth-order valence-corrected chi connectivity index (χ4v) is 1.79. The predicted molar refractivity (Wildman–Crippen MR) is 52.2 cm³/mol. The van der Waals surface area contributed by atoms with Crippen LogP contribution in [0.4, 0.5) is 0 Å². The molecule has 0 saturated heterocycles. The van der Waals surface area contributed by atoms with E-state index in [0.717, 1.165) is 0 Å². The van der Waals surface area contributed by atoms with Crippen molar-refractivity contribution >= 4 is 17.1 Å². The van der Waals surface area contributed by atoms with Crippen LogP contribution in [-0.2, 0) is 4.79 Å². The third-order valence-electron chi connectivity index (χ3n) is 2.51. The number of carbonyl (C=O) groups excluding carboxylic acids is 2. The van der Waals surface area contributed by atoms with E-state index in [1.807, 2.05) is 12.3 Å². The van der Waals surface area contributed by atoms with Crippen LogP contribution in [0.15, 0.2) is 30.6 Å². The van der Waals surface area contributed by atoms with Gasteiger partial charge in [-0.1, -0.05) is 0 Å². The van der Waals surface area contributed by atoms with Gasteiger partial charge in [-0.05, 0) is 18.2 Å². The zero-order valence-corrected chi connectivity index (χ0v) is 7.77. The van der Waals surface area contributed by atoms with Crippen LogP contribution in [0.3, 0.4) is 0 Å². The van der Waals surface area contributed by atoms with E-state index in [1.165, 1.54) is 0 Å². The van der Waals surface area contributed by atoms with Gasteiger partial charge in [0.05, 0.1) is 11.1 Å². The minimum absolute atomic E-state index is 0.150. The molecular weight excluding hydrogens is 194 g/mol. The third-order valence-corrected chi connectivity index (χ3v) is 2.51. The topological polar surface area (TPSA) is 47.8 Å². The van der Waals surface area contributed by atoms with Crippen molar-refractivity contribution in [2.24, 2.45) is 0 Å². The fraction of sp³-hybridized carbons (Fsp3) is 0.0909. The Morgan fingerprint density at radius 2 is 2.07 bits per heavy atom. The van der Waals surface area contributed by atoms with Gasteiger partial charge in [-0.25, -0.2) is 0 Å². The first-order valence-corrected chi connectivity index (χ1v) is 4.57. The Labute approximate surface area is 85.1 Å². The van der Waals surface area contributed by atoms with E-state index in [4.69, 9.17) is 4.74 Å². The summed E-state index contributed by atoms with van der Waals surface area (Å²) in [7, 11) is 0. The number of nitrogens with zero attached hydrogens (tertiary/aromatic N) is 1. The summed E-state index contributed by atoms with van der Waals surface area (Å²) in [5.41, 5.74) is 1.09. The fourth-order valence-electron chi connectivity index (χ4n) is 1.79. The lowest BCUT2D eigenvalue weighted by Crippen LogP contribution is -2.28. The number of hydrogen-bond acceptors (Lipinski definition) is 3. The Kier molecular flexibility index (Phi) is 1.48. The zero-order valence-electron chi connectivity index (χ0n) is 7.77. The molecule has 15 heavy (non-hydrogen) atoms. The Morgan fingerprint density at radius 3 is 2.93 bits per heavy atom. The van der Waals surface area contributed by atoms with E-state index in [9.17, 15) is 9.59 Å². The van der Waals surface area contributed by atoms with Gasteiger partial charge < -0.3 is 9.14 Å². The molecule has 0 fully saturated rings. The van der Waals surface area contributed by atoms with Crippen molar-refractivity contribution < 1.29 is 14.3 Å². The maximum atomic E-state index is 11.7. The molecule has 0 saturated carbocycles. The minimum Gasteiger partial charge on any atom is -0.484 e. The first kappa shape index (κ1) is 8.23. The highest BCUT2D eigenvalue weighted by atomic mass is 16.5. The molecule has 1 aliphatic rings. The molecule has 0 aliphatic carbocycles. The molecule has 3 rings (SSSR count). The highest BCUT2D eigenvalue weighted by Gasteiger charge is 2.28. The van der Waals surface area contributed by atoms with Gasteiger partial charge in [0.1, 0.15) is 5.75 Å². The van der Waals surface area contributed by atoms with Gasteiger partial charge in [0.15, 0.2) is 6.61 Å². The van der Waals surface area contributed by atoms with Gasteiger partial charge in [-0.15, -0.1) is 0 Å². The van der Waals surface area contributed by atoms with Crippen LogP contribution in [0.25, 0.3) is 5.52 Å². The highest BCUT2D eigenvalue weighted by molar-refractivity contribution is 6.47. The quantitative estimate of drug-likeness (QED) is 0.599. The van der Waals surface area contributed by atoms with Crippen molar-refractivity contribution in [3.05, 3.63) is 36.2 Å². The summed E-state index contributed by atoms with van der Waals surface area (Å²) in [5, 5.41) is 0. The van der Waals surface area contributed by atoms with Gasteiger partial charge in [-0.3, -0.25) is 9.59 Å². The molecule has 0 N–H and O–H groups in total. The monoisotopic (exact) mass is 201 g/mol. The normalized spacial score (nSPS) is 15.2. The SMILES string of the molecule is O=C1COc2ccn3cccc3c2C1=O. The summed E-state index contributed by atoms with van der Waals surface area (Å²) >= 11 is 0. The van der Waals surface area contributed by atoms with E-state index in [2.05, 4.69) is 0 Å². The molecule has 0 atom stereocenters. The first-order chi connectivity index (χ1) is 7.27. The molecular formula is C11H7NO3. The molecule has 2 aromatic heterocycles. The standard InChI is InChI=1S/C11H7NO3/c13-8-6-15-9-3-5-12-4-1-2-7(12)10(9)11(8)14/h1-5H,6H2. The lowest BCUT2D eigenvalue weighted by molar-refractivity contribution is -0.117. The smallest absolute Gasteiger partial charge is 0.240 e. The van der Waals surface area contributed by atoms with Gasteiger partial charge in [0.2, 0.25) is 11.6 Å². The molecule has 0 aromatic carbocycles. The second kappa shape index (κ2) is 2.70. The van der Waals surface area contributed by atoms with Crippen molar-refractivity contribution in [3.8, 4) is 5.75 Å². The summed E-state index contributed by atoms with van der Waals surface area (Å²) in [5.74, 6) is -0.455. The molecule has 0 unspecified atom stereocenters. The van der Waals surface area contributed by atoms with Crippen LogP contribution in [-0.4, -0.2) is 22.6 Å². The summed E-state index contributed by atoms with van der Waals surface area (Å²) in [6, 6.07) is 5.31.